The molecule has 2 bridgehead atoms. The second-order valence-corrected chi connectivity index (χ2v) is 8.58. The first-order valence-electron chi connectivity index (χ1n) is 10.7. The summed E-state index contributed by atoms with van der Waals surface area (Å²) in [5.74, 6) is 0.114. The van der Waals surface area contributed by atoms with E-state index in [9.17, 15) is 20.0 Å². The van der Waals surface area contributed by atoms with Gasteiger partial charge in [-0.3, -0.25) is 14.8 Å². The molecule has 1 aromatic carbocycles. The van der Waals surface area contributed by atoms with Crippen LogP contribution >= 0.6 is 0 Å². The van der Waals surface area contributed by atoms with Crippen molar-refractivity contribution in [3.63, 3.8) is 0 Å². The number of ether oxygens (including phenoxy) is 1. The van der Waals surface area contributed by atoms with Gasteiger partial charge in [-0.2, -0.15) is 0 Å². The van der Waals surface area contributed by atoms with Crippen molar-refractivity contribution in [2.75, 3.05) is 32.0 Å². The van der Waals surface area contributed by atoms with E-state index in [-0.39, 0.29) is 28.7 Å². The number of nitrogens with zero attached hydrogens (tertiary/aromatic N) is 4. The molecule has 2 aliphatic heterocycles. The number of fused-ring (bicyclic) bond motifs is 5. The smallest absolute Gasteiger partial charge is 0.275 e. The number of methoxy groups -OCH3 is 1. The number of rotatable bonds is 5. The Morgan fingerprint density at radius 1 is 1.22 bits per heavy atom. The highest BCUT2D eigenvalue weighted by Crippen LogP contribution is 2.36. The molecule has 4 heterocycles. The number of carbonyl (C=O) groups is 1. The van der Waals surface area contributed by atoms with Gasteiger partial charge in [0.05, 0.1) is 6.61 Å². The Morgan fingerprint density at radius 3 is 2.84 bits per heavy atom. The lowest BCUT2D eigenvalue weighted by Crippen LogP contribution is -2.49. The van der Waals surface area contributed by atoms with Crippen LogP contribution in [-0.2, 0) is 17.8 Å². The topological polar surface area (TPSA) is 103 Å². The summed E-state index contributed by atoms with van der Waals surface area (Å²) in [6.45, 7) is 2.79. The number of anilines is 1. The van der Waals surface area contributed by atoms with Crippen molar-refractivity contribution in [2.24, 2.45) is 5.92 Å². The fourth-order valence-corrected chi connectivity index (χ4v) is 5.21. The fraction of sp³-hybridized carbons (Fsp3) is 0.391. The third kappa shape index (κ3) is 3.38. The standard InChI is InChI=1S/C23H25N4O5/c1-32-10-9-24-8-7-17-18(3-2-4-20(17)24)22(28)25-12-15-11-16(14-25)19-5-6-21(27(30)31)23(29)26(19)13-15/h2-8,15-16,30H,9-14H2,1H3/q-1. The fourth-order valence-electron chi connectivity index (χ4n) is 5.21. The zero-order chi connectivity index (χ0) is 22.4. The molecule has 0 saturated carbocycles. The zero-order valence-electron chi connectivity index (χ0n) is 17.8. The Labute approximate surface area is 184 Å². The highest BCUT2D eigenvalue weighted by molar-refractivity contribution is 6.06. The van der Waals surface area contributed by atoms with Crippen molar-refractivity contribution < 1.29 is 14.7 Å². The summed E-state index contributed by atoms with van der Waals surface area (Å²) in [6, 6.07) is 10.8. The van der Waals surface area contributed by atoms with E-state index in [1.54, 1.807) is 17.7 Å². The van der Waals surface area contributed by atoms with Gasteiger partial charge >= 0.3 is 0 Å². The maximum Gasteiger partial charge on any atom is 0.275 e. The molecule has 1 saturated heterocycles. The summed E-state index contributed by atoms with van der Waals surface area (Å²) in [7, 11) is 1.67. The Kier molecular flexibility index (Phi) is 5.24. The van der Waals surface area contributed by atoms with Crippen molar-refractivity contribution in [2.45, 2.75) is 25.4 Å². The number of hydrogen-bond donors (Lipinski definition) is 1. The predicted octanol–water partition coefficient (Wildman–Crippen LogP) is 2.40. The van der Waals surface area contributed by atoms with Crippen molar-refractivity contribution in [3.8, 4) is 0 Å². The maximum absolute atomic E-state index is 13.5. The third-order valence-corrected chi connectivity index (χ3v) is 6.66. The summed E-state index contributed by atoms with van der Waals surface area (Å²) in [5, 5.41) is 21.0. The minimum Gasteiger partial charge on any atom is -0.733 e. The molecule has 1 fully saturated rings. The molecule has 0 aliphatic carbocycles. The van der Waals surface area contributed by atoms with E-state index in [0.29, 0.717) is 38.3 Å². The van der Waals surface area contributed by atoms with Gasteiger partial charge in [0, 0.05) is 67.6 Å². The van der Waals surface area contributed by atoms with E-state index in [2.05, 4.69) is 4.57 Å². The molecule has 3 aromatic rings. The highest BCUT2D eigenvalue weighted by atomic mass is 16.8. The second-order valence-electron chi connectivity index (χ2n) is 8.58. The summed E-state index contributed by atoms with van der Waals surface area (Å²) in [6.07, 6.45) is 2.87. The third-order valence-electron chi connectivity index (χ3n) is 6.66. The monoisotopic (exact) mass is 437 g/mol. The molecule has 32 heavy (non-hydrogen) atoms. The zero-order valence-corrected chi connectivity index (χ0v) is 17.8. The number of piperidine rings is 1. The Morgan fingerprint density at radius 2 is 2.06 bits per heavy atom. The summed E-state index contributed by atoms with van der Waals surface area (Å²) < 4.78 is 8.84. The van der Waals surface area contributed by atoms with Crippen LogP contribution in [0, 0.1) is 11.1 Å². The minimum absolute atomic E-state index is 0.0108. The van der Waals surface area contributed by atoms with Gasteiger partial charge in [0.15, 0.2) is 0 Å². The first-order valence-corrected chi connectivity index (χ1v) is 10.7. The van der Waals surface area contributed by atoms with Crippen molar-refractivity contribution in [3.05, 3.63) is 69.4 Å². The van der Waals surface area contributed by atoms with Crippen LogP contribution in [0.15, 0.2) is 47.4 Å². The second kappa shape index (κ2) is 8.09. The largest absolute Gasteiger partial charge is 0.733 e. The molecule has 9 nitrogen and oxygen atoms in total. The van der Waals surface area contributed by atoms with Crippen molar-refractivity contribution in [1.82, 2.24) is 14.0 Å². The van der Waals surface area contributed by atoms with Crippen LogP contribution in [0.25, 0.3) is 10.9 Å². The van der Waals surface area contributed by atoms with Gasteiger partial charge in [-0.25, -0.2) is 0 Å². The molecule has 2 atom stereocenters. The lowest BCUT2D eigenvalue weighted by molar-refractivity contribution is 0.0596. The molecule has 0 spiro atoms. The van der Waals surface area contributed by atoms with Gasteiger partial charge in [-0.1, -0.05) is 6.07 Å². The summed E-state index contributed by atoms with van der Waals surface area (Å²) >= 11 is 0. The predicted molar refractivity (Wildman–Crippen MR) is 119 cm³/mol. The summed E-state index contributed by atoms with van der Waals surface area (Å²) in [4.78, 5) is 28.0. The van der Waals surface area contributed by atoms with Crippen LogP contribution < -0.4 is 10.8 Å². The van der Waals surface area contributed by atoms with E-state index in [0.717, 1.165) is 23.0 Å². The molecule has 2 aliphatic rings. The van der Waals surface area contributed by atoms with Gasteiger partial charge in [-0.15, -0.1) is 0 Å². The van der Waals surface area contributed by atoms with Crippen LogP contribution in [0.4, 0.5) is 5.69 Å². The average molecular weight is 437 g/mol. The Hall–Kier alpha value is -3.14. The number of pyridine rings is 1. The number of hydrogen-bond acceptors (Lipinski definition) is 6. The van der Waals surface area contributed by atoms with Gasteiger partial charge in [-0.05, 0) is 42.7 Å². The van der Waals surface area contributed by atoms with Gasteiger partial charge in [0.25, 0.3) is 11.5 Å². The number of likely N-dealkylation sites (tertiary alicyclic amines) is 1. The molecule has 2 aromatic heterocycles. The molecule has 0 radical (unpaired) electrons. The molecular formula is C23H25N4O5-. The Bertz CT molecular complexity index is 1230. The van der Waals surface area contributed by atoms with Crippen LogP contribution in [-0.4, -0.2) is 52.0 Å². The van der Waals surface area contributed by atoms with E-state index in [1.807, 2.05) is 35.4 Å². The number of benzene rings is 1. The minimum atomic E-state index is -0.489. The van der Waals surface area contributed by atoms with Crippen LogP contribution in [0.1, 0.15) is 28.4 Å². The molecule has 5 rings (SSSR count). The molecule has 2 unspecified atom stereocenters. The van der Waals surface area contributed by atoms with E-state index in [4.69, 9.17) is 4.74 Å². The van der Waals surface area contributed by atoms with E-state index < -0.39 is 5.56 Å². The highest BCUT2D eigenvalue weighted by Gasteiger charge is 2.37. The van der Waals surface area contributed by atoms with Gasteiger partial charge in [0.1, 0.15) is 5.69 Å². The van der Waals surface area contributed by atoms with Crippen molar-refractivity contribution >= 4 is 22.5 Å². The number of carbonyl (C=O) groups excluding carboxylic acids is 1. The summed E-state index contributed by atoms with van der Waals surface area (Å²) in [5.41, 5.74) is 1.70. The molecule has 9 heteroatoms. The van der Waals surface area contributed by atoms with Crippen LogP contribution in [0.3, 0.4) is 0 Å². The average Bonchev–Trinajstić information content (AvgIpc) is 3.20. The SMILES string of the molecule is COCCn1ccc2c(C(=O)N3CC4CC(C3)c3ccc(N([O-])O)c(=O)n3C4)cccc21. The van der Waals surface area contributed by atoms with Gasteiger partial charge in [0.2, 0.25) is 0 Å². The van der Waals surface area contributed by atoms with Gasteiger partial charge < -0.3 is 29.2 Å². The molecule has 1 amide bonds. The molecule has 168 valence electrons. The molecular weight excluding hydrogens is 412 g/mol. The number of amides is 1. The lowest BCUT2D eigenvalue weighted by Gasteiger charge is -2.43. The normalized spacial score (nSPS) is 19.8. The van der Waals surface area contributed by atoms with Crippen LogP contribution in [0.2, 0.25) is 0 Å². The van der Waals surface area contributed by atoms with E-state index >= 15 is 0 Å². The van der Waals surface area contributed by atoms with Crippen LogP contribution in [0.5, 0.6) is 0 Å². The number of aromatic nitrogens is 2. The lowest BCUT2D eigenvalue weighted by atomic mass is 9.83. The first kappa shape index (κ1) is 20.7. The van der Waals surface area contributed by atoms with Crippen molar-refractivity contribution in [1.29, 1.82) is 0 Å². The molecule has 1 N–H and O–H groups in total. The maximum atomic E-state index is 13.5. The van der Waals surface area contributed by atoms with E-state index in [1.165, 1.54) is 6.07 Å². The quantitative estimate of drug-likeness (QED) is 0.615. The first-order chi connectivity index (χ1) is 15.5. The Balaban J connectivity index is 1.44.